The zero-order chi connectivity index (χ0) is 12.4. The van der Waals surface area contributed by atoms with Crippen LogP contribution in [0.15, 0.2) is 15.6 Å². The highest BCUT2D eigenvalue weighted by atomic mass is 79.9. The van der Waals surface area contributed by atoms with E-state index in [-0.39, 0.29) is 11.7 Å². The summed E-state index contributed by atoms with van der Waals surface area (Å²) < 4.78 is 7.32. The Balaban J connectivity index is 2.62. The Morgan fingerprint density at radius 2 is 2.41 bits per heavy atom. The molecule has 0 fully saturated rings. The summed E-state index contributed by atoms with van der Waals surface area (Å²) in [5, 5.41) is 0. The van der Waals surface area contributed by atoms with Crippen molar-refractivity contribution in [3.8, 4) is 0 Å². The third-order valence-electron chi connectivity index (χ3n) is 2.59. The second-order valence-corrected chi connectivity index (χ2v) is 4.49. The number of rotatable bonds is 4. The molecule has 2 rings (SSSR count). The van der Waals surface area contributed by atoms with Gasteiger partial charge in [-0.3, -0.25) is 9.55 Å². The van der Waals surface area contributed by atoms with Gasteiger partial charge in [0.15, 0.2) is 11.3 Å². The van der Waals surface area contributed by atoms with Crippen molar-refractivity contribution in [2.45, 2.75) is 19.4 Å². The fraction of sp³-hybridized carbons (Fsp3) is 0.500. The van der Waals surface area contributed by atoms with Gasteiger partial charge in [0.1, 0.15) is 4.60 Å². The number of fused-ring (bicyclic) bond motifs is 1. The zero-order valence-corrected chi connectivity index (χ0v) is 11.2. The summed E-state index contributed by atoms with van der Waals surface area (Å²) in [6.07, 6.45) is 2.34. The number of methoxy groups -OCH3 is 1. The molecule has 0 aliphatic rings. The van der Waals surface area contributed by atoms with Crippen LogP contribution in [0.4, 0.5) is 0 Å². The maximum absolute atomic E-state index is 11.9. The molecule has 7 heteroatoms. The lowest BCUT2D eigenvalue weighted by atomic mass is 10.2. The quantitative estimate of drug-likeness (QED) is 0.928. The second-order valence-electron chi connectivity index (χ2n) is 3.68. The molecular formula is C10H13BrN4O2. The summed E-state index contributed by atoms with van der Waals surface area (Å²) in [5.41, 5.74) is 0.836. The minimum Gasteiger partial charge on any atom is -0.383 e. The first-order valence-electron chi connectivity index (χ1n) is 5.29. The molecular weight excluding hydrogens is 288 g/mol. The van der Waals surface area contributed by atoms with Crippen LogP contribution in [0, 0.1) is 0 Å². The van der Waals surface area contributed by atoms with Gasteiger partial charge in [-0.05, 0) is 22.4 Å². The van der Waals surface area contributed by atoms with Crippen LogP contribution in [0.25, 0.3) is 11.3 Å². The molecule has 92 valence electrons. The summed E-state index contributed by atoms with van der Waals surface area (Å²) in [5.74, 6) is 0. The molecule has 0 radical (unpaired) electrons. The van der Waals surface area contributed by atoms with E-state index < -0.39 is 0 Å². The lowest BCUT2D eigenvalue weighted by molar-refractivity contribution is 0.153. The van der Waals surface area contributed by atoms with E-state index >= 15 is 0 Å². The Morgan fingerprint density at radius 3 is 3.06 bits per heavy atom. The summed E-state index contributed by atoms with van der Waals surface area (Å²) in [6, 6.07) is -0.0372. The van der Waals surface area contributed by atoms with Crippen LogP contribution in [-0.2, 0) is 4.74 Å². The average molecular weight is 301 g/mol. The molecule has 0 amide bonds. The molecule has 0 saturated carbocycles. The normalized spacial score (nSPS) is 13.1. The SMILES string of the molecule is CCC(COC)n1c(=O)[nH]c2ncc(Br)nc21. The highest BCUT2D eigenvalue weighted by molar-refractivity contribution is 9.10. The Bertz CT molecular complexity index is 577. The third-order valence-corrected chi connectivity index (χ3v) is 2.97. The number of ether oxygens (including phenoxy) is 1. The van der Waals surface area contributed by atoms with E-state index in [0.717, 1.165) is 6.42 Å². The number of H-pyrrole nitrogens is 1. The molecule has 2 heterocycles. The van der Waals surface area contributed by atoms with Gasteiger partial charge in [0.25, 0.3) is 0 Å². The lowest BCUT2D eigenvalue weighted by Crippen LogP contribution is -2.25. The smallest absolute Gasteiger partial charge is 0.329 e. The number of hydrogen-bond acceptors (Lipinski definition) is 4. The topological polar surface area (TPSA) is 72.8 Å². The number of imidazole rings is 1. The lowest BCUT2D eigenvalue weighted by Gasteiger charge is -2.14. The van der Waals surface area contributed by atoms with Crippen molar-refractivity contribution in [1.82, 2.24) is 19.5 Å². The van der Waals surface area contributed by atoms with E-state index in [0.29, 0.717) is 22.5 Å². The number of aromatic amines is 1. The van der Waals surface area contributed by atoms with Crippen molar-refractivity contribution < 1.29 is 4.74 Å². The van der Waals surface area contributed by atoms with Crippen LogP contribution >= 0.6 is 15.9 Å². The van der Waals surface area contributed by atoms with Crippen LogP contribution < -0.4 is 5.69 Å². The number of nitrogens with one attached hydrogen (secondary N) is 1. The molecule has 0 aliphatic heterocycles. The molecule has 0 spiro atoms. The van der Waals surface area contributed by atoms with Crippen LogP contribution in [-0.4, -0.2) is 33.2 Å². The van der Waals surface area contributed by atoms with Gasteiger partial charge in [0.2, 0.25) is 0 Å². The molecule has 0 saturated heterocycles. The predicted molar refractivity (Wildman–Crippen MR) is 67.1 cm³/mol. The van der Waals surface area contributed by atoms with E-state index in [1.165, 1.54) is 0 Å². The summed E-state index contributed by atoms with van der Waals surface area (Å²) in [6.45, 7) is 2.47. The highest BCUT2D eigenvalue weighted by Crippen LogP contribution is 2.16. The van der Waals surface area contributed by atoms with Gasteiger partial charge >= 0.3 is 5.69 Å². The molecule has 1 unspecified atom stereocenters. The number of nitrogens with zero attached hydrogens (tertiary/aromatic N) is 3. The van der Waals surface area contributed by atoms with Crippen molar-refractivity contribution in [2.75, 3.05) is 13.7 Å². The molecule has 1 atom stereocenters. The third kappa shape index (κ3) is 2.25. The molecule has 1 N–H and O–H groups in total. The first-order chi connectivity index (χ1) is 8.17. The largest absolute Gasteiger partial charge is 0.383 e. The monoisotopic (exact) mass is 300 g/mol. The first kappa shape index (κ1) is 12.3. The second kappa shape index (κ2) is 4.97. The van der Waals surface area contributed by atoms with E-state index in [4.69, 9.17) is 4.74 Å². The Labute approximate surface area is 106 Å². The van der Waals surface area contributed by atoms with E-state index in [1.54, 1.807) is 17.9 Å². The Hall–Kier alpha value is -1.21. The fourth-order valence-electron chi connectivity index (χ4n) is 1.78. The molecule has 6 nitrogen and oxygen atoms in total. The maximum atomic E-state index is 11.9. The van der Waals surface area contributed by atoms with Crippen LogP contribution in [0.1, 0.15) is 19.4 Å². The molecule has 0 aliphatic carbocycles. The van der Waals surface area contributed by atoms with Gasteiger partial charge in [-0.25, -0.2) is 14.8 Å². The summed E-state index contributed by atoms with van der Waals surface area (Å²) in [7, 11) is 1.62. The summed E-state index contributed by atoms with van der Waals surface area (Å²) >= 11 is 3.25. The van der Waals surface area contributed by atoms with E-state index in [9.17, 15) is 4.79 Å². The van der Waals surface area contributed by atoms with Gasteiger partial charge < -0.3 is 4.74 Å². The minimum absolute atomic E-state index is 0.0372. The van der Waals surface area contributed by atoms with Gasteiger partial charge in [0.05, 0.1) is 18.8 Å². The number of hydrogen-bond donors (Lipinski definition) is 1. The van der Waals surface area contributed by atoms with Crippen molar-refractivity contribution in [3.63, 3.8) is 0 Å². The Kier molecular flexibility index (Phi) is 3.58. The van der Waals surface area contributed by atoms with Crippen molar-refractivity contribution >= 4 is 27.2 Å². The van der Waals surface area contributed by atoms with Crippen LogP contribution in [0.2, 0.25) is 0 Å². The predicted octanol–water partition coefficient (Wildman–Crippen LogP) is 1.48. The van der Waals surface area contributed by atoms with Crippen LogP contribution in [0.5, 0.6) is 0 Å². The highest BCUT2D eigenvalue weighted by Gasteiger charge is 2.17. The van der Waals surface area contributed by atoms with E-state index in [1.807, 2.05) is 6.92 Å². The molecule has 2 aromatic rings. The minimum atomic E-state index is -0.206. The average Bonchev–Trinajstić information content (AvgIpc) is 2.62. The first-order valence-corrected chi connectivity index (χ1v) is 6.08. The van der Waals surface area contributed by atoms with Gasteiger partial charge in [-0.1, -0.05) is 6.92 Å². The molecule has 0 bridgehead atoms. The standard InChI is InChI=1S/C10H13BrN4O2/c1-3-6(5-17-2)15-9-8(14-10(15)16)12-4-7(11)13-9/h4,6H,3,5H2,1-2H3,(H,12,14,16). The molecule has 0 aromatic carbocycles. The van der Waals surface area contributed by atoms with Gasteiger partial charge in [-0.2, -0.15) is 0 Å². The van der Waals surface area contributed by atoms with Crippen LogP contribution in [0.3, 0.4) is 0 Å². The zero-order valence-electron chi connectivity index (χ0n) is 9.61. The number of halogens is 1. The molecule has 17 heavy (non-hydrogen) atoms. The maximum Gasteiger partial charge on any atom is 0.329 e. The fourth-order valence-corrected chi connectivity index (χ4v) is 2.05. The summed E-state index contributed by atoms with van der Waals surface area (Å²) in [4.78, 5) is 23.0. The van der Waals surface area contributed by atoms with Crippen molar-refractivity contribution in [1.29, 1.82) is 0 Å². The number of aromatic nitrogens is 4. The Morgan fingerprint density at radius 1 is 1.65 bits per heavy atom. The molecule has 2 aromatic heterocycles. The van der Waals surface area contributed by atoms with Crippen molar-refractivity contribution in [3.05, 3.63) is 21.3 Å². The van der Waals surface area contributed by atoms with Gasteiger partial charge in [-0.15, -0.1) is 0 Å². The van der Waals surface area contributed by atoms with Crippen molar-refractivity contribution in [2.24, 2.45) is 0 Å². The van der Waals surface area contributed by atoms with E-state index in [2.05, 4.69) is 30.9 Å². The van der Waals surface area contributed by atoms with Gasteiger partial charge in [0, 0.05) is 7.11 Å².